The first-order valence-electron chi connectivity index (χ1n) is 5.75. The van der Waals surface area contributed by atoms with Crippen LogP contribution in [0.5, 0.6) is 5.75 Å². The van der Waals surface area contributed by atoms with Crippen molar-refractivity contribution >= 4 is 22.9 Å². The highest BCUT2D eigenvalue weighted by Crippen LogP contribution is 2.33. The molecule has 1 atom stereocenters. The van der Waals surface area contributed by atoms with Gasteiger partial charge in [-0.2, -0.15) is 0 Å². The molecular weight excluding hydrogens is 268 g/mol. The molecule has 1 aromatic carbocycles. The van der Waals surface area contributed by atoms with E-state index in [0.29, 0.717) is 10.8 Å². The van der Waals surface area contributed by atoms with Crippen molar-refractivity contribution in [2.45, 2.75) is 19.4 Å². The Bertz CT molecular complexity index is 536. The zero-order valence-electron chi connectivity index (χ0n) is 10.3. The van der Waals surface area contributed by atoms with E-state index < -0.39 is 6.10 Å². The first kappa shape index (κ1) is 13.4. The number of thiophene rings is 1. The fourth-order valence-corrected chi connectivity index (χ4v) is 2.90. The number of rotatable bonds is 4. The number of methoxy groups -OCH3 is 1. The third-order valence-corrected chi connectivity index (χ3v) is 4.39. The van der Waals surface area contributed by atoms with Gasteiger partial charge in [-0.25, -0.2) is 0 Å². The van der Waals surface area contributed by atoms with Crippen molar-refractivity contribution in [2.75, 3.05) is 7.11 Å². The van der Waals surface area contributed by atoms with Gasteiger partial charge in [0.05, 0.1) is 12.1 Å². The number of aryl methyl sites for hydroxylation is 1. The smallest absolute Gasteiger partial charge is 0.137 e. The van der Waals surface area contributed by atoms with Gasteiger partial charge in [0, 0.05) is 9.75 Å². The molecule has 0 aliphatic carbocycles. The predicted molar refractivity (Wildman–Crippen MR) is 75.8 cm³/mol. The van der Waals surface area contributed by atoms with E-state index in [1.165, 1.54) is 4.88 Å². The fraction of sp³-hybridized carbons (Fsp3) is 0.286. The van der Waals surface area contributed by atoms with Crippen LogP contribution >= 0.6 is 22.9 Å². The molecular formula is C14H15ClO2S. The fourth-order valence-electron chi connectivity index (χ4n) is 1.74. The van der Waals surface area contributed by atoms with Gasteiger partial charge in [-0.1, -0.05) is 24.6 Å². The Balaban J connectivity index is 2.30. The molecule has 0 saturated carbocycles. The predicted octanol–water partition coefficient (Wildman–Crippen LogP) is 4.05. The monoisotopic (exact) mass is 282 g/mol. The van der Waals surface area contributed by atoms with E-state index in [4.69, 9.17) is 16.3 Å². The quantitative estimate of drug-likeness (QED) is 0.916. The Kier molecular flexibility index (Phi) is 4.27. The van der Waals surface area contributed by atoms with E-state index in [0.717, 1.165) is 16.9 Å². The van der Waals surface area contributed by atoms with E-state index in [9.17, 15) is 5.11 Å². The first-order valence-corrected chi connectivity index (χ1v) is 6.95. The number of hydrogen-bond donors (Lipinski definition) is 1. The van der Waals surface area contributed by atoms with Crippen LogP contribution in [0, 0.1) is 0 Å². The van der Waals surface area contributed by atoms with Crippen LogP contribution in [0.4, 0.5) is 0 Å². The maximum Gasteiger partial charge on any atom is 0.137 e. The topological polar surface area (TPSA) is 29.5 Å². The lowest BCUT2D eigenvalue weighted by Gasteiger charge is -2.11. The summed E-state index contributed by atoms with van der Waals surface area (Å²) in [5.41, 5.74) is 0.792. The summed E-state index contributed by atoms with van der Waals surface area (Å²) in [6, 6.07) is 9.36. The maximum atomic E-state index is 10.3. The average molecular weight is 283 g/mol. The van der Waals surface area contributed by atoms with Crippen LogP contribution in [0.2, 0.25) is 5.02 Å². The van der Waals surface area contributed by atoms with Crippen LogP contribution in [0.15, 0.2) is 30.3 Å². The van der Waals surface area contributed by atoms with E-state index in [-0.39, 0.29) is 0 Å². The van der Waals surface area contributed by atoms with Crippen molar-refractivity contribution in [1.29, 1.82) is 0 Å². The summed E-state index contributed by atoms with van der Waals surface area (Å²) < 4.78 is 5.16. The molecule has 96 valence electrons. The van der Waals surface area contributed by atoms with Gasteiger partial charge >= 0.3 is 0 Å². The molecule has 2 aromatic rings. The second-order valence-electron chi connectivity index (χ2n) is 3.95. The number of hydrogen-bond acceptors (Lipinski definition) is 3. The van der Waals surface area contributed by atoms with Gasteiger partial charge in [0.25, 0.3) is 0 Å². The number of aliphatic hydroxyl groups excluding tert-OH is 1. The Hall–Kier alpha value is -1.03. The van der Waals surface area contributed by atoms with Crippen molar-refractivity contribution in [2.24, 2.45) is 0 Å². The molecule has 1 unspecified atom stereocenters. The maximum absolute atomic E-state index is 10.3. The minimum Gasteiger partial charge on any atom is -0.495 e. The molecule has 0 aliphatic rings. The molecule has 4 heteroatoms. The Morgan fingerprint density at radius 2 is 2.11 bits per heavy atom. The third-order valence-electron chi connectivity index (χ3n) is 2.79. The Morgan fingerprint density at radius 3 is 2.72 bits per heavy atom. The highest BCUT2D eigenvalue weighted by molar-refractivity contribution is 7.12. The minimum atomic E-state index is -0.624. The van der Waals surface area contributed by atoms with Crippen molar-refractivity contribution in [3.63, 3.8) is 0 Å². The molecule has 0 fully saturated rings. The van der Waals surface area contributed by atoms with Crippen LogP contribution < -0.4 is 4.74 Å². The van der Waals surface area contributed by atoms with Gasteiger partial charge < -0.3 is 9.84 Å². The van der Waals surface area contributed by atoms with E-state index in [1.807, 2.05) is 12.1 Å². The Morgan fingerprint density at radius 1 is 1.33 bits per heavy atom. The Labute approximate surface area is 116 Å². The molecule has 0 radical (unpaired) electrons. The molecule has 2 nitrogen and oxygen atoms in total. The third kappa shape index (κ3) is 2.69. The summed E-state index contributed by atoms with van der Waals surface area (Å²) in [7, 11) is 1.57. The number of ether oxygens (including phenoxy) is 1. The second-order valence-corrected chi connectivity index (χ2v) is 5.56. The van der Waals surface area contributed by atoms with Crippen LogP contribution in [-0.4, -0.2) is 12.2 Å². The zero-order chi connectivity index (χ0) is 13.1. The van der Waals surface area contributed by atoms with Gasteiger partial charge in [-0.3, -0.25) is 0 Å². The highest BCUT2D eigenvalue weighted by atomic mass is 35.5. The SMILES string of the molecule is CCc1ccc(C(O)c2ccc(Cl)c(OC)c2)s1. The molecule has 0 amide bonds. The second kappa shape index (κ2) is 5.74. The van der Waals surface area contributed by atoms with Gasteiger partial charge in [-0.15, -0.1) is 11.3 Å². The van der Waals surface area contributed by atoms with Gasteiger partial charge in [0.1, 0.15) is 11.9 Å². The molecule has 1 N–H and O–H groups in total. The highest BCUT2D eigenvalue weighted by Gasteiger charge is 2.14. The van der Waals surface area contributed by atoms with E-state index >= 15 is 0 Å². The summed E-state index contributed by atoms with van der Waals surface area (Å²) >= 11 is 7.60. The molecule has 18 heavy (non-hydrogen) atoms. The largest absolute Gasteiger partial charge is 0.495 e. The molecule has 0 aliphatic heterocycles. The van der Waals surface area contributed by atoms with Crippen molar-refractivity contribution in [3.8, 4) is 5.75 Å². The van der Waals surface area contributed by atoms with Crippen LogP contribution in [0.1, 0.15) is 28.3 Å². The van der Waals surface area contributed by atoms with Gasteiger partial charge in [-0.05, 0) is 36.2 Å². The summed E-state index contributed by atoms with van der Waals surface area (Å²) in [4.78, 5) is 2.21. The summed E-state index contributed by atoms with van der Waals surface area (Å²) in [6.45, 7) is 2.10. The summed E-state index contributed by atoms with van der Waals surface area (Å²) in [5, 5.41) is 10.9. The van der Waals surface area contributed by atoms with Crippen molar-refractivity contribution in [1.82, 2.24) is 0 Å². The summed E-state index contributed by atoms with van der Waals surface area (Å²) in [5.74, 6) is 0.584. The van der Waals surface area contributed by atoms with Crippen LogP contribution in [0.3, 0.4) is 0 Å². The standard InChI is InChI=1S/C14H15ClO2S/c1-3-10-5-7-13(18-10)14(16)9-4-6-11(15)12(8-9)17-2/h4-8,14,16H,3H2,1-2H3. The number of halogens is 1. The average Bonchev–Trinajstić information content (AvgIpc) is 2.87. The van der Waals surface area contributed by atoms with E-state index in [1.54, 1.807) is 30.6 Å². The molecule has 1 heterocycles. The van der Waals surface area contributed by atoms with Crippen molar-refractivity contribution in [3.05, 3.63) is 50.7 Å². The molecule has 0 bridgehead atoms. The summed E-state index contributed by atoms with van der Waals surface area (Å²) in [6.07, 6.45) is 0.364. The normalized spacial score (nSPS) is 12.4. The molecule has 0 saturated heterocycles. The molecule has 0 spiro atoms. The zero-order valence-corrected chi connectivity index (χ0v) is 11.9. The van der Waals surface area contributed by atoms with Crippen molar-refractivity contribution < 1.29 is 9.84 Å². The lowest BCUT2D eigenvalue weighted by atomic mass is 10.1. The minimum absolute atomic E-state index is 0.550. The van der Waals surface area contributed by atoms with Crippen LogP contribution in [0.25, 0.3) is 0 Å². The lowest BCUT2D eigenvalue weighted by Crippen LogP contribution is -1.97. The molecule has 1 aromatic heterocycles. The number of aliphatic hydroxyl groups is 1. The van der Waals surface area contributed by atoms with Crippen LogP contribution in [-0.2, 0) is 6.42 Å². The van der Waals surface area contributed by atoms with Gasteiger partial charge in [0.2, 0.25) is 0 Å². The van der Waals surface area contributed by atoms with E-state index in [2.05, 4.69) is 13.0 Å². The lowest BCUT2D eigenvalue weighted by molar-refractivity contribution is 0.223. The number of benzene rings is 1. The first-order chi connectivity index (χ1) is 8.65. The molecule has 2 rings (SSSR count). The van der Waals surface area contributed by atoms with Gasteiger partial charge in [0.15, 0.2) is 0 Å².